The molecule has 0 unspecified atom stereocenters. The van der Waals surface area contributed by atoms with Crippen LogP contribution in [0.5, 0.6) is 5.75 Å². The number of hydrogen-bond acceptors (Lipinski definition) is 6. The fourth-order valence-electron chi connectivity index (χ4n) is 3.24. The molecule has 1 aliphatic heterocycles. The van der Waals surface area contributed by atoms with E-state index in [9.17, 15) is 23.1 Å². The third-order valence-corrected chi connectivity index (χ3v) is 4.54. The van der Waals surface area contributed by atoms with Crippen molar-refractivity contribution < 1.29 is 23.1 Å². The predicted octanol–water partition coefficient (Wildman–Crippen LogP) is 3.92. The van der Waals surface area contributed by atoms with Gasteiger partial charge in [0.25, 0.3) is 0 Å². The number of halogens is 3. The van der Waals surface area contributed by atoms with Crippen molar-refractivity contribution in [2.75, 3.05) is 16.8 Å². The summed E-state index contributed by atoms with van der Waals surface area (Å²) in [6.45, 7) is 6.68. The van der Waals surface area contributed by atoms with Gasteiger partial charge in [0.05, 0.1) is 36.0 Å². The van der Waals surface area contributed by atoms with Crippen LogP contribution >= 0.6 is 0 Å². The number of anilines is 2. The summed E-state index contributed by atoms with van der Waals surface area (Å²) in [6, 6.07) is 1.52. The number of hydrogen-bond donors (Lipinski definition) is 2. The highest BCUT2D eigenvalue weighted by molar-refractivity contribution is 5.91. The van der Waals surface area contributed by atoms with E-state index < -0.39 is 11.9 Å². The molecule has 162 valence electrons. The van der Waals surface area contributed by atoms with Crippen LogP contribution in [0.25, 0.3) is 0 Å². The first-order chi connectivity index (χ1) is 13.9. The zero-order valence-corrected chi connectivity index (χ0v) is 17.0. The third-order valence-electron chi connectivity index (χ3n) is 4.54. The van der Waals surface area contributed by atoms with Gasteiger partial charge in [0, 0.05) is 19.0 Å². The van der Waals surface area contributed by atoms with Crippen molar-refractivity contribution in [2.45, 2.75) is 52.8 Å². The first-order valence-electron chi connectivity index (χ1n) is 9.58. The van der Waals surface area contributed by atoms with Crippen molar-refractivity contribution in [2.24, 2.45) is 5.41 Å². The average molecular weight is 423 g/mol. The summed E-state index contributed by atoms with van der Waals surface area (Å²) in [7, 11) is 0. The maximum absolute atomic E-state index is 12.7. The molecule has 3 heterocycles. The van der Waals surface area contributed by atoms with Gasteiger partial charge in [-0.15, -0.1) is 0 Å². The second kappa shape index (κ2) is 8.08. The molecule has 2 N–H and O–H groups in total. The maximum atomic E-state index is 12.7. The molecular weight excluding hydrogens is 399 g/mol. The molecule has 0 spiro atoms. The minimum absolute atomic E-state index is 0.110. The number of nitrogens with one attached hydrogen (secondary N) is 1. The molecule has 1 aliphatic rings. The van der Waals surface area contributed by atoms with Crippen LogP contribution in [0.15, 0.2) is 18.5 Å². The monoisotopic (exact) mass is 423 g/mol. The molecule has 1 amide bonds. The van der Waals surface area contributed by atoms with Crippen molar-refractivity contribution in [1.82, 2.24) is 15.0 Å². The van der Waals surface area contributed by atoms with Crippen LogP contribution in [0.3, 0.4) is 0 Å². The molecule has 2 aromatic heterocycles. The van der Waals surface area contributed by atoms with Crippen LogP contribution in [0.4, 0.5) is 24.7 Å². The molecule has 3 rings (SSSR count). The van der Waals surface area contributed by atoms with Gasteiger partial charge in [0.1, 0.15) is 0 Å². The number of alkyl halides is 3. The van der Waals surface area contributed by atoms with Gasteiger partial charge in [-0.1, -0.05) is 20.8 Å². The van der Waals surface area contributed by atoms with Crippen molar-refractivity contribution in [3.05, 3.63) is 35.5 Å². The highest BCUT2D eigenvalue weighted by Crippen LogP contribution is 2.34. The van der Waals surface area contributed by atoms with E-state index in [1.165, 1.54) is 6.07 Å². The molecule has 0 atom stereocenters. The number of nitrogens with zero attached hydrogens (tertiary/aromatic N) is 4. The minimum Gasteiger partial charge on any atom is -0.504 e. The van der Waals surface area contributed by atoms with E-state index in [4.69, 9.17) is 0 Å². The first-order valence-corrected chi connectivity index (χ1v) is 9.58. The number of carbonyl (C=O) groups is 1. The normalized spacial score (nSPS) is 14.4. The first kappa shape index (κ1) is 21.8. The van der Waals surface area contributed by atoms with Gasteiger partial charge in [-0.25, -0.2) is 9.97 Å². The Balaban J connectivity index is 1.77. The summed E-state index contributed by atoms with van der Waals surface area (Å²) in [5.41, 5.74) is 0.491. The molecule has 0 bridgehead atoms. The number of aryl methyl sites for hydroxylation is 1. The molecule has 0 radical (unpaired) electrons. The number of rotatable bonds is 4. The van der Waals surface area contributed by atoms with Crippen LogP contribution in [0.2, 0.25) is 0 Å². The molecule has 10 heteroatoms. The third kappa shape index (κ3) is 5.37. The van der Waals surface area contributed by atoms with E-state index in [-0.39, 0.29) is 35.9 Å². The highest BCUT2D eigenvalue weighted by Gasteiger charge is 2.33. The van der Waals surface area contributed by atoms with Gasteiger partial charge in [0.2, 0.25) is 5.91 Å². The Bertz CT molecular complexity index is 924. The van der Waals surface area contributed by atoms with E-state index in [0.717, 1.165) is 12.6 Å². The molecule has 0 aromatic carbocycles. The largest absolute Gasteiger partial charge is 0.504 e. The number of aromatic nitrogens is 3. The molecule has 2 aromatic rings. The summed E-state index contributed by atoms with van der Waals surface area (Å²) in [4.78, 5) is 25.8. The smallest absolute Gasteiger partial charge is 0.434 e. The lowest BCUT2D eigenvalue weighted by molar-refractivity contribution is -0.141. The van der Waals surface area contributed by atoms with E-state index >= 15 is 0 Å². The second-order valence-electron chi connectivity index (χ2n) is 8.52. The fraction of sp³-hybridized carbons (Fsp3) is 0.500. The summed E-state index contributed by atoms with van der Waals surface area (Å²) in [5, 5.41) is 13.0. The zero-order valence-electron chi connectivity index (χ0n) is 17.0. The highest BCUT2D eigenvalue weighted by atomic mass is 19.4. The van der Waals surface area contributed by atoms with Gasteiger partial charge in [-0.3, -0.25) is 9.78 Å². The number of amides is 1. The van der Waals surface area contributed by atoms with Crippen LogP contribution in [-0.4, -0.2) is 32.5 Å². The van der Waals surface area contributed by atoms with Crippen molar-refractivity contribution >= 4 is 17.4 Å². The summed E-state index contributed by atoms with van der Waals surface area (Å²) in [5.74, 6) is -0.293. The van der Waals surface area contributed by atoms with E-state index in [1.54, 1.807) is 0 Å². The summed E-state index contributed by atoms with van der Waals surface area (Å²) >= 11 is 0. The van der Waals surface area contributed by atoms with E-state index in [2.05, 4.69) is 20.3 Å². The number of fused-ring (bicyclic) bond motifs is 1. The Labute approximate surface area is 172 Å². The Hall–Kier alpha value is -2.91. The lowest BCUT2D eigenvalue weighted by atomic mass is 9.92. The van der Waals surface area contributed by atoms with Gasteiger partial charge in [0.15, 0.2) is 17.3 Å². The van der Waals surface area contributed by atoms with Crippen LogP contribution < -0.4 is 10.2 Å². The van der Waals surface area contributed by atoms with E-state index in [1.807, 2.05) is 25.7 Å². The topological polar surface area (TPSA) is 91.2 Å². The quantitative estimate of drug-likeness (QED) is 0.775. The van der Waals surface area contributed by atoms with Gasteiger partial charge in [-0.05, 0) is 18.3 Å². The minimum atomic E-state index is -4.53. The lowest BCUT2D eigenvalue weighted by Crippen LogP contribution is -2.30. The Morgan fingerprint density at radius 3 is 2.57 bits per heavy atom. The van der Waals surface area contributed by atoms with Gasteiger partial charge in [-0.2, -0.15) is 13.2 Å². The second-order valence-corrected chi connectivity index (χ2v) is 8.52. The molecule has 0 fully saturated rings. The average Bonchev–Trinajstić information content (AvgIpc) is 2.61. The Kier molecular flexibility index (Phi) is 5.87. The number of carbonyl (C=O) groups excluding carboxylic acids is 1. The molecule has 7 nitrogen and oxygen atoms in total. The van der Waals surface area contributed by atoms with Gasteiger partial charge < -0.3 is 15.3 Å². The van der Waals surface area contributed by atoms with Crippen LogP contribution in [0.1, 0.15) is 50.7 Å². The summed E-state index contributed by atoms with van der Waals surface area (Å²) < 4.78 is 38.0. The Morgan fingerprint density at radius 1 is 1.23 bits per heavy atom. The van der Waals surface area contributed by atoms with Crippen molar-refractivity contribution in [3.8, 4) is 5.75 Å². The zero-order chi connectivity index (χ0) is 22.1. The number of pyridine rings is 1. The molecule has 0 saturated heterocycles. The van der Waals surface area contributed by atoms with Crippen LogP contribution in [0, 0.1) is 5.41 Å². The predicted molar refractivity (Wildman–Crippen MR) is 105 cm³/mol. The maximum Gasteiger partial charge on any atom is 0.434 e. The Morgan fingerprint density at radius 2 is 1.97 bits per heavy atom. The molecular formula is C20H24F3N5O2. The standard InChI is InChI=1S/C20H24F3N5O2/c1-19(2,3)8-17(30)27-18-15(29)7-14-13(26-18)5-4-6-28(14)11-12-9-25-16(10-24-12)20(21,22)23/h7,9-10,29H,4-6,8,11H2,1-3H3,(H,26,27,30). The number of aromatic hydroxyl groups is 1. The van der Waals surface area contributed by atoms with Gasteiger partial charge >= 0.3 is 6.18 Å². The van der Waals surface area contributed by atoms with Crippen LogP contribution in [-0.2, 0) is 23.9 Å². The lowest BCUT2D eigenvalue weighted by Gasteiger charge is -2.31. The fourth-order valence-corrected chi connectivity index (χ4v) is 3.24. The molecule has 30 heavy (non-hydrogen) atoms. The molecule has 0 aliphatic carbocycles. The SMILES string of the molecule is CC(C)(C)CC(=O)Nc1nc2c(cc1O)N(Cc1cnc(C(F)(F)F)cn1)CCC2. The van der Waals surface area contributed by atoms with Crippen molar-refractivity contribution in [3.63, 3.8) is 0 Å². The molecule has 0 saturated carbocycles. The van der Waals surface area contributed by atoms with Crippen molar-refractivity contribution in [1.29, 1.82) is 0 Å². The summed E-state index contributed by atoms with van der Waals surface area (Å²) in [6.07, 6.45) is -1.01. The van der Waals surface area contributed by atoms with E-state index in [0.29, 0.717) is 36.2 Å².